The molecule has 1 heterocycles. The van der Waals surface area contributed by atoms with Gasteiger partial charge in [0.25, 0.3) is 0 Å². The minimum absolute atomic E-state index is 0.389. The number of benzene rings is 1. The van der Waals surface area contributed by atoms with Gasteiger partial charge in [-0.05, 0) is 24.5 Å². The Balaban J connectivity index is 1.68. The number of aryl methyl sites for hydroxylation is 1. The first kappa shape index (κ1) is 11.5. The van der Waals surface area contributed by atoms with Gasteiger partial charge in [0, 0.05) is 31.2 Å². The highest BCUT2D eigenvalue weighted by atomic mass is 15.1. The number of hydrogen-bond acceptors (Lipinski definition) is 2. The summed E-state index contributed by atoms with van der Waals surface area (Å²) in [6.45, 7) is 4.11. The van der Waals surface area contributed by atoms with Gasteiger partial charge in [-0.1, -0.05) is 42.0 Å². The first-order chi connectivity index (χ1) is 8.72. The molecule has 0 aromatic heterocycles. The summed E-state index contributed by atoms with van der Waals surface area (Å²) in [5.41, 5.74) is 10.0. The van der Waals surface area contributed by atoms with Crippen LogP contribution >= 0.6 is 0 Å². The van der Waals surface area contributed by atoms with E-state index in [1.54, 1.807) is 0 Å². The second kappa shape index (κ2) is 4.62. The summed E-state index contributed by atoms with van der Waals surface area (Å²) in [6, 6.07) is 9.17. The highest BCUT2D eigenvalue weighted by Gasteiger charge is 2.36. The van der Waals surface area contributed by atoms with Gasteiger partial charge in [0.15, 0.2) is 0 Å². The van der Waals surface area contributed by atoms with E-state index in [0.717, 1.165) is 19.5 Å². The van der Waals surface area contributed by atoms with E-state index < -0.39 is 0 Å². The lowest BCUT2D eigenvalue weighted by Crippen LogP contribution is -2.20. The molecule has 1 aromatic carbocycles. The van der Waals surface area contributed by atoms with E-state index in [-0.39, 0.29) is 0 Å². The van der Waals surface area contributed by atoms with Crippen LogP contribution in [0.3, 0.4) is 0 Å². The minimum atomic E-state index is 0.389. The van der Waals surface area contributed by atoms with E-state index >= 15 is 0 Å². The Labute approximate surface area is 109 Å². The van der Waals surface area contributed by atoms with Crippen molar-refractivity contribution in [2.45, 2.75) is 25.9 Å². The van der Waals surface area contributed by atoms with Crippen molar-refractivity contribution in [1.82, 2.24) is 4.90 Å². The Morgan fingerprint density at radius 3 is 2.67 bits per heavy atom. The molecule has 1 saturated carbocycles. The molecule has 18 heavy (non-hydrogen) atoms. The van der Waals surface area contributed by atoms with Crippen LogP contribution in [0.5, 0.6) is 0 Å². The van der Waals surface area contributed by atoms with Gasteiger partial charge in [-0.2, -0.15) is 0 Å². The van der Waals surface area contributed by atoms with Crippen LogP contribution in [0.2, 0.25) is 0 Å². The fourth-order valence-corrected chi connectivity index (χ4v) is 2.49. The Hall–Kier alpha value is -1.54. The third kappa shape index (κ3) is 2.49. The molecule has 0 unspecified atom stereocenters. The molecular weight excluding hydrogens is 220 g/mol. The third-order valence-electron chi connectivity index (χ3n) is 3.76. The van der Waals surface area contributed by atoms with Crippen molar-refractivity contribution >= 4 is 0 Å². The Bertz CT molecular complexity index is 484. The largest absolute Gasteiger partial charge is 0.369 e. The maximum absolute atomic E-state index is 5.92. The predicted octanol–water partition coefficient (Wildman–Crippen LogP) is 2.60. The number of rotatable bonds is 3. The number of nitrogens with two attached hydrogens (primary N) is 1. The van der Waals surface area contributed by atoms with Crippen LogP contribution in [0.15, 0.2) is 48.2 Å². The van der Waals surface area contributed by atoms with E-state index in [0.29, 0.717) is 12.0 Å². The van der Waals surface area contributed by atoms with Crippen LogP contribution in [0.4, 0.5) is 0 Å². The van der Waals surface area contributed by atoms with Crippen molar-refractivity contribution in [2.75, 3.05) is 6.54 Å². The topological polar surface area (TPSA) is 29.3 Å². The van der Waals surface area contributed by atoms with Gasteiger partial charge in [-0.15, -0.1) is 0 Å². The highest BCUT2D eigenvalue weighted by Crippen LogP contribution is 2.37. The molecule has 1 aliphatic carbocycles. The van der Waals surface area contributed by atoms with Gasteiger partial charge < -0.3 is 10.6 Å². The number of hydrogen-bond donors (Lipinski definition) is 1. The van der Waals surface area contributed by atoms with Crippen molar-refractivity contribution < 1.29 is 0 Å². The predicted molar refractivity (Wildman–Crippen MR) is 74.9 cm³/mol. The first-order valence-corrected chi connectivity index (χ1v) is 6.66. The van der Waals surface area contributed by atoms with Crippen molar-refractivity contribution in [3.8, 4) is 0 Å². The Morgan fingerprint density at radius 1 is 1.28 bits per heavy atom. The van der Waals surface area contributed by atoms with E-state index in [1.807, 2.05) is 0 Å². The summed E-state index contributed by atoms with van der Waals surface area (Å²) >= 11 is 0. The highest BCUT2D eigenvalue weighted by molar-refractivity contribution is 5.31. The molecule has 0 saturated heterocycles. The second-order valence-corrected chi connectivity index (χ2v) is 5.45. The zero-order chi connectivity index (χ0) is 12.5. The van der Waals surface area contributed by atoms with Gasteiger partial charge >= 0.3 is 0 Å². The van der Waals surface area contributed by atoms with Crippen molar-refractivity contribution in [3.63, 3.8) is 0 Å². The standard InChI is InChI=1S/C16H20N2/c1-12-4-6-13(7-5-12)10-18-8-2-3-14(11-18)15-9-16(15)17/h2-7,11,15-16H,8-10,17H2,1H3/t15-,16+/m0/s1. The summed E-state index contributed by atoms with van der Waals surface area (Å²) < 4.78 is 0. The lowest BCUT2D eigenvalue weighted by atomic mass is 10.1. The van der Waals surface area contributed by atoms with Gasteiger partial charge in [0.1, 0.15) is 0 Å². The van der Waals surface area contributed by atoms with Crippen molar-refractivity contribution in [2.24, 2.45) is 11.7 Å². The van der Waals surface area contributed by atoms with Crippen molar-refractivity contribution in [3.05, 3.63) is 59.3 Å². The molecule has 94 valence electrons. The smallest absolute Gasteiger partial charge is 0.0427 e. The monoisotopic (exact) mass is 240 g/mol. The maximum atomic E-state index is 5.92. The van der Waals surface area contributed by atoms with Crippen LogP contribution in [-0.4, -0.2) is 17.5 Å². The van der Waals surface area contributed by atoms with Crippen LogP contribution < -0.4 is 5.73 Å². The summed E-state index contributed by atoms with van der Waals surface area (Å²) in [4.78, 5) is 2.37. The fraction of sp³-hybridized carbons (Fsp3) is 0.375. The van der Waals surface area contributed by atoms with Crippen molar-refractivity contribution in [1.29, 1.82) is 0 Å². The average Bonchev–Trinajstić information content (AvgIpc) is 3.10. The van der Waals surface area contributed by atoms with E-state index in [1.165, 1.54) is 16.7 Å². The van der Waals surface area contributed by atoms with E-state index in [9.17, 15) is 0 Å². The molecule has 1 aliphatic heterocycles. The SMILES string of the molecule is Cc1ccc(CN2C=C([C@@H]3C[C@H]3N)C=CC2)cc1. The van der Waals surface area contributed by atoms with Gasteiger partial charge in [-0.3, -0.25) is 0 Å². The fourth-order valence-electron chi connectivity index (χ4n) is 2.49. The molecular formula is C16H20N2. The maximum Gasteiger partial charge on any atom is 0.0427 e. The Kier molecular flexibility index (Phi) is 2.96. The lowest BCUT2D eigenvalue weighted by molar-refractivity contribution is 0.399. The normalized spacial score (nSPS) is 26.1. The van der Waals surface area contributed by atoms with Crippen LogP contribution in [0.25, 0.3) is 0 Å². The quantitative estimate of drug-likeness (QED) is 0.880. The van der Waals surface area contributed by atoms with E-state index in [2.05, 4.69) is 54.4 Å². The summed E-state index contributed by atoms with van der Waals surface area (Å²) in [5, 5.41) is 0. The summed E-state index contributed by atoms with van der Waals surface area (Å²) in [5.74, 6) is 0.599. The molecule has 2 aliphatic rings. The average molecular weight is 240 g/mol. The molecule has 3 rings (SSSR count). The second-order valence-electron chi connectivity index (χ2n) is 5.45. The molecule has 1 aromatic rings. The zero-order valence-electron chi connectivity index (χ0n) is 10.8. The molecule has 0 amide bonds. The van der Waals surface area contributed by atoms with Gasteiger partial charge in [0.05, 0.1) is 0 Å². The van der Waals surface area contributed by atoms with Gasteiger partial charge in [0.2, 0.25) is 0 Å². The first-order valence-electron chi connectivity index (χ1n) is 6.66. The van der Waals surface area contributed by atoms with Gasteiger partial charge in [-0.25, -0.2) is 0 Å². The molecule has 0 radical (unpaired) electrons. The molecule has 2 atom stereocenters. The molecule has 0 bridgehead atoms. The zero-order valence-corrected chi connectivity index (χ0v) is 10.8. The van der Waals surface area contributed by atoms with Crippen LogP contribution in [-0.2, 0) is 6.54 Å². The minimum Gasteiger partial charge on any atom is -0.369 e. The molecule has 2 nitrogen and oxygen atoms in total. The molecule has 0 spiro atoms. The summed E-state index contributed by atoms with van der Waals surface area (Å²) in [7, 11) is 0. The molecule has 2 N–H and O–H groups in total. The number of nitrogens with zero attached hydrogens (tertiary/aromatic N) is 1. The third-order valence-corrected chi connectivity index (χ3v) is 3.76. The molecule has 1 fully saturated rings. The van der Waals surface area contributed by atoms with Crippen LogP contribution in [0, 0.1) is 12.8 Å². The number of allylic oxidation sites excluding steroid dienone is 1. The molecule has 2 heteroatoms. The van der Waals surface area contributed by atoms with Crippen LogP contribution in [0.1, 0.15) is 17.5 Å². The summed E-state index contributed by atoms with van der Waals surface area (Å²) in [6.07, 6.45) is 7.92. The van der Waals surface area contributed by atoms with E-state index in [4.69, 9.17) is 5.73 Å². The Morgan fingerprint density at radius 2 is 2.00 bits per heavy atom. The lowest BCUT2D eigenvalue weighted by Gasteiger charge is -2.23.